The normalized spacial score (nSPS) is 13.9. The van der Waals surface area contributed by atoms with Gasteiger partial charge < -0.3 is 30.0 Å². The first-order chi connectivity index (χ1) is 17.2. The Labute approximate surface area is 202 Å². The molecule has 3 aromatic rings. The fourth-order valence-corrected chi connectivity index (χ4v) is 3.59. The molecule has 0 unspecified atom stereocenters. The Kier molecular flexibility index (Phi) is 7.12. The maximum Gasteiger partial charge on any atom is 0.349 e. The first-order valence-electron chi connectivity index (χ1n) is 10.9. The number of nitrogens with zero attached hydrogens (tertiary/aromatic N) is 6. The molecule has 1 aromatic carbocycles. The van der Waals surface area contributed by atoms with Gasteiger partial charge >= 0.3 is 5.69 Å². The van der Waals surface area contributed by atoms with Crippen LogP contribution in [0.15, 0.2) is 40.6 Å². The molecule has 0 radical (unpaired) electrons. The van der Waals surface area contributed by atoms with E-state index in [-0.39, 0.29) is 18.1 Å². The van der Waals surface area contributed by atoms with E-state index >= 15 is 0 Å². The highest BCUT2D eigenvalue weighted by Crippen LogP contribution is 2.24. The molecule has 0 saturated heterocycles. The van der Waals surface area contributed by atoms with E-state index in [1.54, 1.807) is 24.7 Å². The number of nitrogens with one attached hydrogen (secondary N) is 2. The third-order valence-corrected chi connectivity index (χ3v) is 5.67. The molecule has 5 rings (SSSR count). The van der Waals surface area contributed by atoms with Crippen molar-refractivity contribution in [3.8, 4) is 11.5 Å². The minimum Gasteiger partial charge on any atom is -0.394 e. The fourth-order valence-electron chi connectivity index (χ4n) is 3.59. The predicted molar refractivity (Wildman–Crippen MR) is 127 cm³/mol. The highest BCUT2D eigenvalue weighted by atomic mass is 16.4. The number of imidazole rings is 1. The summed E-state index contributed by atoms with van der Waals surface area (Å²) in [6, 6.07) is 3.53. The number of aliphatic hydroxyl groups is 4. The maximum absolute atomic E-state index is 12.2. The van der Waals surface area contributed by atoms with Crippen LogP contribution in [0.25, 0.3) is 33.7 Å². The van der Waals surface area contributed by atoms with Crippen molar-refractivity contribution in [3.05, 3.63) is 62.9 Å². The number of hydrogen-bond acceptors (Lipinski definition) is 11. The van der Waals surface area contributed by atoms with Crippen LogP contribution in [0, 0.1) is 13.8 Å². The minimum atomic E-state index is -1.64. The molecule has 2 aliphatic heterocycles. The second kappa shape index (κ2) is 10.2. The van der Waals surface area contributed by atoms with E-state index in [2.05, 4.69) is 34.9 Å². The molecule has 0 saturated carbocycles. The Hall–Kier alpha value is -4.11. The summed E-state index contributed by atoms with van der Waals surface area (Å²) in [5, 5.41) is 38.8. The third-order valence-electron chi connectivity index (χ3n) is 5.67. The minimum absolute atomic E-state index is 0.0516. The predicted octanol–water partition coefficient (Wildman–Crippen LogP) is -1.37. The van der Waals surface area contributed by atoms with Crippen molar-refractivity contribution in [1.82, 2.24) is 39.5 Å². The lowest BCUT2D eigenvalue weighted by atomic mass is 10.1. The largest absolute Gasteiger partial charge is 0.394 e. The van der Waals surface area contributed by atoms with Gasteiger partial charge in [-0.3, -0.25) is 9.78 Å². The zero-order valence-electron chi connectivity index (χ0n) is 19.3. The lowest BCUT2D eigenvalue weighted by Gasteiger charge is -2.25. The topological polar surface area (TPSA) is 216 Å². The van der Waals surface area contributed by atoms with Gasteiger partial charge in [0.25, 0.3) is 5.56 Å². The van der Waals surface area contributed by atoms with Crippen LogP contribution in [0.4, 0.5) is 0 Å². The van der Waals surface area contributed by atoms with E-state index in [0.29, 0.717) is 16.7 Å². The van der Waals surface area contributed by atoms with Crippen molar-refractivity contribution < 1.29 is 20.4 Å². The first kappa shape index (κ1) is 25.0. The van der Waals surface area contributed by atoms with Crippen molar-refractivity contribution >= 4 is 22.2 Å². The molecule has 14 nitrogen and oxygen atoms in total. The van der Waals surface area contributed by atoms with Gasteiger partial charge in [0, 0.05) is 0 Å². The summed E-state index contributed by atoms with van der Waals surface area (Å²) >= 11 is 0. The smallest absolute Gasteiger partial charge is 0.349 e. The van der Waals surface area contributed by atoms with E-state index in [9.17, 15) is 24.9 Å². The molecule has 0 aliphatic carbocycles. The number of benzene rings is 1. The first-order valence-corrected chi connectivity index (χ1v) is 10.9. The third kappa shape index (κ3) is 4.96. The van der Waals surface area contributed by atoms with Crippen LogP contribution in [0.2, 0.25) is 0 Å². The van der Waals surface area contributed by atoms with Gasteiger partial charge in [0.15, 0.2) is 17.2 Å². The van der Waals surface area contributed by atoms with Crippen LogP contribution in [0.1, 0.15) is 11.1 Å². The zero-order valence-corrected chi connectivity index (χ0v) is 19.3. The summed E-state index contributed by atoms with van der Waals surface area (Å²) in [5.74, 6) is -0.0516. The Morgan fingerprint density at radius 3 is 2.50 bits per heavy atom. The molecular weight excluding hydrogens is 472 g/mol. The van der Waals surface area contributed by atoms with E-state index in [4.69, 9.17) is 5.11 Å². The molecular formula is C22H24N8O6. The molecule has 6 N–H and O–H groups in total. The van der Waals surface area contributed by atoms with E-state index in [1.165, 1.54) is 10.9 Å². The van der Waals surface area contributed by atoms with Crippen LogP contribution >= 0.6 is 0 Å². The van der Waals surface area contributed by atoms with Gasteiger partial charge in [-0.25, -0.2) is 24.7 Å². The summed E-state index contributed by atoms with van der Waals surface area (Å²) in [5.41, 5.74) is 2.70. The number of aryl methyl sites for hydroxylation is 2. The summed E-state index contributed by atoms with van der Waals surface area (Å²) in [6.07, 6.45) is 0.0813. The fraction of sp³-hybridized carbons (Fsp3) is 0.318. The van der Waals surface area contributed by atoms with Gasteiger partial charge in [0.05, 0.1) is 36.7 Å². The summed E-state index contributed by atoms with van der Waals surface area (Å²) in [6.45, 7) is 2.73. The lowest BCUT2D eigenvalue weighted by Crippen LogP contribution is -2.42. The highest BCUT2D eigenvalue weighted by Gasteiger charge is 2.27. The van der Waals surface area contributed by atoms with Crippen LogP contribution in [-0.4, -0.2) is 84.8 Å². The van der Waals surface area contributed by atoms with Crippen LogP contribution < -0.4 is 11.2 Å². The number of fused-ring (bicyclic) bond motifs is 3. The molecule has 188 valence electrons. The second-order valence-electron chi connectivity index (χ2n) is 8.16. The van der Waals surface area contributed by atoms with Crippen LogP contribution in [0.5, 0.6) is 0 Å². The molecule has 2 aromatic heterocycles. The zero-order chi connectivity index (χ0) is 26.0. The van der Waals surface area contributed by atoms with Gasteiger partial charge in [0.1, 0.15) is 30.2 Å². The molecule has 2 aliphatic rings. The monoisotopic (exact) mass is 496 g/mol. The van der Waals surface area contributed by atoms with Gasteiger partial charge in [-0.2, -0.15) is 4.98 Å². The van der Waals surface area contributed by atoms with E-state index in [0.717, 1.165) is 16.6 Å². The number of aliphatic hydroxyl groups excluding tert-OH is 4. The Bertz CT molecular complexity index is 1570. The SMILES string of the molecule is Cc1cc2nc3c(=O)[nH]c(=O)nc-3n(C[C@H](O)[C@H](O)[C@H](O)CO)c2cc1C.c1ncc2[nH]cnc2n1. The average molecular weight is 496 g/mol. The highest BCUT2D eigenvalue weighted by molar-refractivity contribution is 5.81. The van der Waals surface area contributed by atoms with Crippen LogP contribution in [0.3, 0.4) is 0 Å². The maximum atomic E-state index is 12.2. The quantitative estimate of drug-likeness (QED) is 0.156. The molecule has 4 heterocycles. The van der Waals surface area contributed by atoms with E-state index in [1.807, 2.05) is 13.8 Å². The van der Waals surface area contributed by atoms with Crippen molar-refractivity contribution in [3.63, 3.8) is 0 Å². The molecule has 0 fully saturated rings. The number of aromatic nitrogens is 8. The average Bonchev–Trinajstić information content (AvgIpc) is 3.34. The van der Waals surface area contributed by atoms with Crippen molar-refractivity contribution in [2.24, 2.45) is 0 Å². The van der Waals surface area contributed by atoms with Crippen molar-refractivity contribution in [1.29, 1.82) is 0 Å². The molecule has 0 amide bonds. The van der Waals surface area contributed by atoms with Crippen molar-refractivity contribution in [2.45, 2.75) is 38.7 Å². The number of rotatable bonds is 5. The molecule has 0 spiro atoms. The van der Waals surface area contributed by atoms with Crippen molar-refractivity contribution in [2.75, 3.05) is 6.61 Å². The van der Waals surface area contributed by atoms with Gasteiger partial charge in [-0.1, -0.05) is 0 Å². The standard InChI is InChI=1S/C17H20N4O6.C5H4N4/c1-7-3-9-10(4-8(7)2)21(5-11(23)14(25)12(24)6-22)15-13(18-9)16(26)20-17(27)19-15;1-4-5(8-2-6-1)9-3-7-4/h3-4,11-12,14,22-25H,5-6H2,1-2H3,(H,20,26,27);1-3H,(H,6,7,8,9)/t11-,12+,14-;/m0./s1. The summed E-state index contributed by atoms with van der Waals surface area (Å²) in [7, 11) is 0. The second-order valence-corrected chi connectivity index (χ2v) is 8.16. The van der Waals surface area contributed by atoms with E-state index < -0.39 is 36.2 Å². The van der Waals surface area contributed by atoms with Gasteiger partial charge in [-0.15, -0.1) is 0 Å². The summed E-state index contributed by atoms with van der Waals surface area (Å²) < 4.78 is 1.40. The molecule has 0 bridgehead atoms. The Morgan fingerprint density at radius 1 is 1.03 bits per heavy atom. The van der Waals surface area contributed by atoms with Crippen LogP contribution in [-0.2, 0) is 6.54 Å². The lowest BCUT2D eigenvalue weighted by molar-refractivity contribution is -0.0802. The molecule has 14 heteroatoms. The van der Waals surface area contributed by atoms with Gasteiger partial charge in [-0.05, 0) is 37.1 Å². The summed E-state index contributed by atoms with van der Waals surface area (Å²) in [4.78, 5) is 48.5. The number of H-pyrrole nitrogens is 2. The molecule has 3 atom stereocenters. The Balaban J connectivity index is 0.000000280. The Morgan fingerprint density at radius 2 is 1.78 bits per heavy atom. The number of hydrogen-bond donors (Lipinski definition) is 6. The van der Waals surface area contributed by atoms with Gasteiger partial charge in [0.2, 0.25) is 0 Å². The number of aromatic amines is 2. The molecule has 36 heavy (non-hydrogen) atoms.